The number of hydrogen-bond donors (Lipinski definition) is 1. The predicted molar refractivity (Wildman–Crippen MR) is 74.6 cm³/mol. The SMILES string of the molecule is COc1cc(C2(N)CC2)ccc1OC1CCN(C)C1. The molecule has 4 heteroatoms. The predicted octanol–water partition coefficient (Wildman–Crippen LogP) is 1.73. The third-order valence-corrected chi connectivity index (χ3v) is 4.17. The van der Waals surface area contributed by atoms with Crippen LogP contribution in [0, 0.1) is 0 Å². The van der Waals surface area contributed by atoms with Gasteiger partial charge in [-0.05, 0) is 44.0 Å². The van der Waals surface area contributed by atoms with Gasteiger partial charge in [-0.1, -0.05) is 6.07 Å². The highest BCUT2D eigenvalue weighted by molar-refractivity contribution is 5.46. The van der Waals surface area contributed by atoms with Gasteiger partial charge in [-0.15, -0.1) is 0 Å². The summed E-state index contributed by atoms with van der Waals surface area (Å²) in [5.74, 6) is 1.62. The van der Waals surface area contributed by atoms with Gasteiger partial charge < -0.3 is 20.1 Å². The second kappa shape index (κ2) is 4.69. The fourth-order valence-electron chi connectivity index (χ4n) is 2.67. The van der Waals surface area contributed by atoms with Crippen molar-refractivity contribution >= 4 is 0 Å². The first-order valence-electron chi connectivity index (χ1n) is 6.93. The molecule has 0 aromatic heterocycles. The molecule has 0 radical (unpaired) electrons. The fourth-order valence-corrected chi connectivity index (χ4v) is 2.67. The van der Waals surface area contributed by atoms with Crippen molar-refractivity contribution in [3.63, 3.8) is 0 Å². The third-order valence-electron chi connectivity index (χ3n) is 4.17. The minimum absolute atomic E-state index is 0.126. The zero-order chi connectivity index (χ0) is 13.5. The number of ether oxygens (including phenoxy) is 2. The van der Waals surface area contributed by atoms with Gasteiger partial charge in [0.25, 0.3) is 0 Å². The molecule has 2 fully saturated rings. The summed E-state index contributed by atoms with van der Waals surface area (Å²) in [7, 11) is 3.80. The van der Waals surface area contributed by atoms with Crippen molar-refractivity contribution in [2.45, 2.75) is 30.9 Å². The number of nitrogens with zero attached hydrogens (tertiary/aromatic N) is 1. The molecule has 2 aliphatic rings. The Kier molecular flexibility index (Phi) is 3.15. The average molecular weight is 262 g/mol. The first-order valence-corrected chi connectivity index (χ1v) is 6.93. The summed E-state index contributed by atoms with van der Waals surface area (Å²) < 4.78 is 11.5. The van der Waals surface area contributed by atoms with Crippen molar-refractivity contribution in [1.82, 2.24) is 4.90 Å². The molecule has 0 bridgehead atoms. The molecule has 1 aliphatic carbocycles. The molecule has 1 aromatic rings. The normalized spacial score (nSPS) is 25.3. The summed E-state index contributed by atoms with van der Waals surface area (Å²) in [5, 5.41) is 0. The number of likely N-dealkylation sites (tertiary alicyclic amines) is 1. The highest BCUT2D eigenvalue weighted by Gasteiger charge is 2.40. The Morgan fingerprint density at radius 3 is 2.68 bits per heavy atom. The second-order valence-electron chi connectivity index (χ2n) is 5.81. The Morgan fingerprint density at radius 1 is 1.32 bits per heavy atom. The Morgan fingerprint density at radius 2 is 2.11 bits per heavy atom. The number of hydrogen-bond acceptors (Lipinski definition) is 4. The maximum atomic E-state index is 6.22. The number of benzene rings is 1. The second-order valence-corrected chi connectivity index (χ2v) is 5.81. The van der Waals surface area contributed by atoms with Gasteiger partial charge in [0.1, 0.15) is 6.10 Å². The van der Waals surface area contributed by atoms with E-state index in [9.17, 15) is 0 Å². The first-order chi connectivity index (χ1) is 9.10. The molecule has 104 valence electrons. The standard InChI is InChI=1S/C15H22N2O2/c1-17-8-5-12(10-17)19-13-4-3-11(9-14(13)18-2)15(16)6-7-15/h3-4,9,12H,5-8,10,16H2,1-2H3. The van der Waals surface area contributed by atoms with Gasteiger partial charge in [-0.3, -0.25) is 0 Å². The lowest BCUT2D eigenvalue weighted by Crippen LogP contribution is -2.22. The first kappa shape index (κ1) is 12.8. The summed E-state index contributed by atoms with van der Waals surface area (Å²) in [6, 6.07) is 6.10. The Bertz CT molecular complexity index is 471. The van der Waals surface area contributed by atoms with E-state index in [1.165, 1.54) is 0 Å². The van der Waals surface area contributed by atoms with Crippen LogP contribution in [0.3, 0.4) is 0 Å². The van der Waals surface area contributed by atoms with Crippen molar-refractivity contribution in [2.75, 3.05) is 27.2 Å². The maximum Gasteiger partial charge on any atom is 0.161 e. The van der Waals surface area contributed by atoms with Crippen LogP contribution in [0.2, 0.25) is 0 Å². The maximum absolute atomic E-state index is 6.22. The summed E-state index contributed by atoms with van der Waals surface area (Å²) in [5.41, 5.74) is 7.25. The number of methoxy groups -OCH3 is 1. The van der Waals surface area contributed by atoms with Crippen molar-refractivity contribution in [3.05, 3.63) is 23.8 Å². The van der Waals surface area contributed by atoms with Crippen LogP contribution in [-0.4, -0.2) is 38.3 Å². The Labute approximate surface area is 114 Å². The van der Waals surface area contributed by atoms with Gasteiger partial charge in [0, 0.05) is 18.6 Å². The van der Waals surface area contributed by atoms with Crippen LogP contribution in [0.5, 0.6) is 11.5 Å². The van der Waals surface area contributed by atoms with Crippen LogP contribution in [0.15, 0.2) is 18.2 Å². The topological polar surface area (TPSA) is 47.7 Å². The van der Waals surface area contributed by atoms with E-state index in [4.69, 9.17) is 15.2 Å². The summed E-state index contributed by atoms with van der Waals surface area (Å²) >= 11 is 0. The van der Waals surface area contributed by atoms with Gasteiger partial charge >= 0.3 is 0 Å². The van der Waals surface area contributed by atoms with E-state index in [2.05, 4.69) is 18.0 Å². The van der Waals surface area contributed by atoms with Crippen molar-refractivity contribution in [3.8, 4) is 11.5 Å². The summed E-state index contributed by atoms with van der Waals surface area (Å²) in [4.78, 5) is 2.28. The average Bonchev–Trinajstić information content (AvgIpc) is 3.03. The molecule has 4 nitrogen and oxygen atoms in total. The van der Waals surface area contributed by atoms with Crippen molar-refractivity contribution < 1.29 is 9.47 Å². The minimum atomic E-state index is -0.126. The lowest BCUT2D eigenvalue weighted by Gasteiger charge is -2.18. The number of nitrogens with two attached hydrogens (primary N) is 1. The van der Waals surface area contributed by atoms with Gasteiger partial charge in [0.05, 0.1) is 7.11 Å². The van der Waals surface area contributed by atoms with Gasteiger partial charge in [0.15, 0.2) is 11.5 Å². The molecule has 1 unspecified atom stereocenters. The van der Waals surface area contributed by atoms with E-state index in [1.54, 1.807) is 7.11 Å². The zero-order valence-electron chi connectivity index (χ0n) is 11.7. The van der Waals surface area contributed by atoms with Crippen LogP contribution in [0.1, 0.15) is 24.8 Å². The number of rotatable bonds is 4. The van der Waals surface area contributed by atoms with Crippen LogP contribution in [0.4, 0.5) is 0 Å². The van der Waals surface area contributed by atoms with Crippen LogP contribution < -0.4 is 15.2 Å². The Balaban J connectivity index is 1.77. The monoisotopic (exact) mass is 262 g/mol. The van der Waals surface area contributed by atoms with E-state index in [-0.39, 0.29) is 11.6 Å². The molecule has 1 aliphatic heterocycles. The van der Waals surface area contributed by atoms with Crippen molar-refractivity contribution in [2.24, 2.45) is 5.73 Å². The molecule has 19 heavy (non-hydrogen) atoms. The van der Waals surface area contributed by atoms with E-state index >= 15 is 0 Å². The van der Waals surface area contributed by atoms with Crippen molar-refractivity contribution in [1.29, 1.82) is 0 Å². The molecular formula is C15H22N2O2. The van der Waals surface area contributed by atoms with E-state index in [0.717, 1.165) is 49.4 Å². The van der Waals surface area contributed by atoms with Gasteiger partial charge in [0.2, 0.25) is 0 Å². The minimum Gasteiger partial charge on any atom is -0.493 e. The van der Waals surface area contributed by atoms with Gasteiger partial charge in [-0.25, -0.2) is 0 Å². The highest BCUT2D eigenvalue weighted by atomic mass is 16.5. The summed E-state index contributed by atoms with van der Waals surface area (Å²) in [6.07, 6.45) is 3.45. The van der Waals surface area contributed by atoms with Crippen LogP contribution in [0.25, 0.3) is 0 Å². The lowest BCUT2D eigenvalue weighted by atomic mass is 10.1. The molecule has 3 rings (SSSR count). The van der Waals surface area contributed by atoms with Crippen LogP contribution in [-0.2, 0) is 5.54 Å². The molecule has 1 saturated carbocycles. The third kappa shape index (κ3) is 2.55. The molecule has 1 saturated heterocycles. The van der Waals surface area contributed by atoms with Gasteiger partial charge in [-0.2, -0.15) is 0 Å². The summed E-state index contributed by atoms with van der Waals surface area (Å²) in [6.45, 7) is 2.07. The van der Waals surface area contributed by atoms with E-state index < -0.39 is 0 Å². The molecule has 1 heterocycles. The Hall–Kier alpha value is -1.26. The molecule has 0 amide bonds. The molecule has 2 N–H and O–H groups in total. The molecule has 0 spiro atoms. The quantitative estimate of drug-likeness (QED) is 0.897. The zero-order valence-corrected chi connectivity index (χ0v) is 11.7. The van der Waals surface area contributed by atoms with Crippen LogP contribution >= 0.6 is 0 Å². The lowest BCUT2D eigenvalue weighted by molar-refractivity contribution is 0.199. The molecule has 1 aromatic carbocycles. The number of likely N-dealkylation sites (N-methyl/N-ethyl adjacent to an activating group) is 1. The highest BCUT2D eigenvalue weighted by Crippen LogP contribution is 2.45. The smallest absolute Gasteiger partial charge is 0.161 e. The van der Waals surface area contributed by atoms with E-state index in [1.807, 2.05) is 12.1 Å². The fraction of sp³-hybridized carbons (Fsp3) is 0.600. The molecular weight excluding hydrogens is 240 g/mol. The van der Waals surface area contributed by atoms with E-state index in [0.29, 0.717) is 0 Å². The largest absolute Gasteiger partial charge is 0.493 e. The molecule has 1 atom stereocenters.